The highest BCUT2D eigenvalue weighted by Gasteiger charge is 2.36. The zero-order valence-electron chi connectivity index (χ0n) is 21.5. The van der Waals surface area contributed by atoms with Crippen molar-refractivity contribution in [3.05, 3.63) is 102 Å². The second kappa shape index (κ2) is 13.3. The number of para-hydroxylation sites is 1. The van der Waals surface area contributed by atoms with Crippen LogP contribution in [0.15, 0.2) is 84.9 Å². The summed E-state index contributed by atoms with van der Waals surface area (Å²) in [5.41, 5.74) is 9.68. The molecular weight excluding hydrogens is 482 g/mol. The molecule has 1 fully saturated rings. The van der Waals surface area contributed by atoms with Crippen LogP contribution in [-0.2, 0) is 20.7 Å². The highest BCUT2D eigenvalue weighted by atomic mass is 16.5. The van der Waals surface area contributed by atoms with Crippen molar-refractivity contribution in [2.24, 2.45) is 5.73 Å². The summed E-state index contributed by atoms with van der Waals surface area (Å²) < 4.78 is 10.9. The standard InChI is InChI=1S/C30H35N3O5/c1-37-30(36)33(26-15-9-8-10-21(26)16-17-25-18-32-24(19-34)20-38-25)29(35)28(31)27(22-11-4-2-5-12-22)23-13-6-3-7-14-23/h2-15,24-25,27-28,32,34H,16-20,31H2,1H3/t24-,25-,28+/m1/s1. The normalized spacial score (nSPS) is 18.1. The zero-order chi connectivity index (χ0) is 26.9. The Morgan fingerprint density at radius 3 is 2.18 bits per heavy atom. The number of carbonyl (C=O) groups is 2. The van der Waals surface area contributed by atoms with Crippen LogP contribution in [-0.4, -0.2) is 62.2 Å². The molecule has 2 amide bonds. The smallest absolute Gasteiger partial charge is 0.420 e. The first-order valence-electron chi connectivity index (χ1n) is 12.8. The number of imide groups is 1. The third kappa shape index (κ3) is 6.46. The van der Waals surface area contributed by atoms with Crippen molar-refractivity contribution in [2.75, 3.05) is 31.8 Å². The van der Waals surface area contributed by atoms with Gasteiger partial charge in [0.25, 0.3) is 5.91 Å². The molecule has 38 heavy (non-hydrogen) atoms. The monoisotopic (exact) mass is 517 g/mol. The number of aliphatic hydroxyl groups excluding tert-OH is 1. The first-order chi connectivity index (χ1) is 18.5. The van der Waals surface area contributed by atoms with Crippen LogP contribution < -0.4 is 16.0 Å². The van der Waals surface area contributed by atoms with Gasteiger partial charge >= 0.3 is 6.09 Å². The predicted molar refractivity (Wildman–Crippen MR) is 146 cm³/mol. The van der Waals surface area contributed by atoms with Gasteiger partial charge in [0.1, 0.15) is 0 Å². The highest BCUT2D eigenvalue weighted by Crippen LogP contribution is 2.31. The molecule has 4 rings (SSSR count). The second-order valence-electron chi connectivity index (χ2n) is 9.38. The maximum atomic E-state index is 14.0. The van der Waals surface area contributed by atoms with E-state index in [4.69, 9.17) is 15.2 Å². The third-order valence-corrected chi connectivity index (χ3v) is 6.90. The van der Waals surface area contributed by atoms with E-state index in [1.807, 2.05) is 72.8 Å². The third-order valence-electron chi connectivity index (χ3n) is 6.90. The Hall–Kier alpha value is -3.56. The first kappa shape index (κ1) is 27.5. The van der Waals surface area contributed by atoms with Crippen LogP contribution in [0, 0.1) is 0 Å². The Morgan fingerprint density at radius 2 is 1.63 bits per heavy atom. The predicted octanol–water partition coefficient (Wildman–Crippen LogP) is 3.23. The van der Waals surface area contributed by atoms with E-state index in [9.17, 15) is 14.7 Å². The zero-order valence-corrected chi connectivity index (χ0v) is 21.5. The number of hydrogen-bond acceptors (Lipinski definition) is 7. The van der Waals surface area contributed by atoms with Crippen molar-refractivity contribution in [1.29, 1.82) is 0 Å². The Bertz CT molecular complexity index is 1140. The number of anilines is 1. The molecule has 0 spiro atoms. The number of methoxy groups -OCH3 is 1. The number of nitrogens with zero attached hydrogens (tertiary/aromatic N) is 1. The molecule has 0 bridgehead atoms. The molecule has 0 unspecified atom stereocenters. The molecule has 3 atom stereocenters. The molecule has 8 nitrogen and oxygen atoms in total. The number of benzene rings is 3. The van der Waals surface area contributed by atoms with Crippen LogP contribution in [0.1, 0.15) is 29.0 Å². The van der Waals surface area contributed by atoms with Gasteiger partial charge in [0.15, 0.2) is 0 Å². The molecule has 0 radical (unpaired) electrons. The van der Waals surface area contributed by atoms with Gasteiger partial charge in [-0.05, 0) is 35.6 Å². The van der Waals surface area contributed by atoms with Crippen molar-refractivity contribution in [3.8, 4) is 0 Å². The number of nitrogens with one attached hydrogen (secondary N) is 1. The van der Waals surface area contributed by atoms with Crippen molar-refractivity contribution < 1.29 is 24.2 Å². The minimum atomic E-state index is -1.05. The molecule has 0 aliphatic carbocycles. The van der Waals surface area contributed by atoms with Gasteiger partial charge in [-0.3, -0.25) is 4.79 Å². The van der Waals surface area contributed by atoms with E-state index in [2.05, 4.69) is 5.32 Å². The fraction of sp³-hybridized carbons (Fsp3) is 0.333. The van der Waals surface area contributed by atoms with Crippen LogP contribution in [0.4, 0.5) is 10.5 Å². The van der Waals surface area contributed by atoms with Crippen LogP contribution in [0.3, 0.4) is 0 Å². The molecule has 3 aromatic carbocycles. The molecule has 1 aliphatic rings. The minimum absolute atomic E-state index is 0.0268. The van der Waals surface area contributed by atoms with Crippen molar-refractivity contribution in [1.82, 2.24) is 5.32 Å². The summed E-state index contributed by atoms with van der Waals surface area (Å²) >= 11 is 0. The summed E-state index contributed by atoms with van der Waals surface area (Å²) in [6, 6.07) is 25.3. The maximum Gasteiger partial charge on any atom is 0.420 e. The van der Waals surface area contributed by atoms with E-state index >= 15 is 0 Å². The number of aryl methyl sites for hydroxylation is 1. The minimum Gasteiger partial charge on any atom is -0.452 e. The van der Waals surface area contributed by atoms with Gasteiger partial charge in [-0.2, -0.15) is 0 Å². The number of ether oxygens (including phenoxy) is 2. The van der Waals surface area contributed by atoms with Gasteiger partial charge in [0, 0.05) is 12.5 Å². The number of nitrogens with two attached hydrogens (primary N) is 1. The van der Waals surface area contributed by atoms with Gasteiger partial charge < -0.3 is 25.6 Å². The number of morpholine rings is 1. The van der Waals surface area contributed by atoms with Gasteiger partial charge in [0.05, 0.1) is 44.2 Å². The average molecular weight is 518 g/mol. The first-order valence-corrected chi connectivity index (χ1v) is 12.8. The lowest BCUT2D eigenvalue weighted by Crippen LogP contribution is -2.50. The fourth-order valence-corrected chi connectivity index (χ4v) is 4.85. The van der Waals surface area contributed by atoms with E-state index < -0.39 is 24.0 Å². The SMILES string of the molecule is COC(=O)N(C(=O)[C@@H](N)C(c1ccccc1)c1ccccc1)c1ccccc1CC[C@@H]1CN[C@H](CO)CO1. The van der Waals surface area contributed by atoms with Crippen molar-refractivity contribution >= 4 is 17.7 Å². The molecule has 0 saturated carbocycles. The van der Waals surface area contributed by atoms with E-state index in [-0.39, 0.29) is 18.8 Å². The molecule has 1 heterocycles. The number of carbonyl (C=O) groups excluding carboxylic acids is 2. The van der Waals surface area contributed by atoms with Gasteiger partial charge in [-0.15, -0.1) is 0 Å². The van der Waals surface area contributed by atoms with Crippen LogP contribution in [0.5, 0.6) is 0 Å². The number of aliphatic hydroxyl groups is 1. The summed E-state index contributed by atoms with van der Waals surface area (Å²) in [4.78, 5) is 28.1. The summed E-state index contributed by atoms with van der Waals surface area (Å²) in [5, 5.41) is 12.6. The van der Waals surface area contributed by atoms with E-state index in [0.29, 0.717) is 31.7 Å². The Kier molecular flexibility index (Phi) is 9.62. The van der Waals surface area contributed by atoms with Gasteiger partial charge in [0.2, 0.25) is 0 Å². The molecular formula is C30H35N3O5. The lowest BCUT2D eigenvalue weighted by atomic mass is 9.84. The van der Waals surface area contributed by atoms with E-state index in [1.165, 1.54) is 7.11 Å². The van der Waals surface area contributed by atoms with Crippen molar-refractivity contribution in [2.45, 2.75) is 36.9 Å². The van der Waals surface area contributed by atoms with Crippen LogP contribution in [0.25, 0.3) is 0 Å². The lowest BCUT2D eigenvalue weighted by Gasteiger charge is -2.31. The quantitative estimate of drug-likeness (QED) is 0.399. The highest BCUT2D eigenvalue weighted by molar-refractivity contribution is 6.15. The number of amides is 2. The average Bonchev–Trinajstić information content (AvgIpc) is 2.98. The molecule has 4 N–H and O–H groups in total. The van der Waals surface area contributed by atoms with Crippen molar-refractivity contribution in [3.63, 3.8) is 0 Å². The van der Waals surface area contributed by atoms with Crippen LogP contribution >= 0.6 is 0 Å². The van der Waals surface area contributed by atoms with Crippen LogP contribution in [0.2, 0.25) is 0 Å². The summed E-state index contributed by atoms with van der Waals surface area (Å²) in [6.45, 7) is 1.08. The molecule has 200 valence electrons. The Labute approximate surface area is 223 Å². The summed E-state index contributed by atoms with van der Waals surface area (Å²) in [6.07, 6.45) is 0.409. The molecule has 1 saturated heterocycles. The van der Waals surface area contributed by atoms with E-state index in [1.54, 1.807) is 12.1 Å². The maximum absolute atomic E-state index is 14.0. The van der Waals surface area contributed by atoms with E-state index in [0.717, 1.165) is 21.6 Å². The number of hydrogen-bond donors (Lipinski definition) is 3. The largest absolute Gasteiger partial charge is 0.452 e. The Balaban J connectivity index is 1.61. The molecule has 1 aliphatic heterocycles. The number of rotatable bonds is 9. The molecule has 8 heteroatoms. The topological polar surface area (TPSA) is 114 Å². The molecule has 3 aromatic rings. The van der Waals surface area contributed by atoms with Gasteiger partial charge in [-0.25, -0.2) is 9.69 Å². The lowest BCUT2D eigenvalue weighted by molar-refractivity contribution is -0.119. The summed E-state index contributed by atoms with van der Waals surface area (Å²) in [7, 11) is 1.25. The van der Waals surface area contributed by atoms with Gasteiger partial charge in [-0.1, -0.05) is 78.9 Å². The summed E-state index contributed by atoms with van der Waals surface area (Å²) in [5.74, 6) is -1.02. The fourth-order valence-electron chi connectivity index (χ4n) is 4.85. The Morgan fingerprint density at radius 1 is 1.03 bits per heavy atom. The second-order valence-corrected chi connectivity index (χ2v) is 9.38. The molecule has 0 aromatic heterocycles.